The Bertz CT molecular complexity index is 531. The van der Waals surface area contributed by atoms with Crippen molar-refractivity contribution in [1.82, 2.24) is 15.5 Å². The van der Waals surface area contributed by atoms with E-state index in [1.807, 2.05) is 31.2 Å². The average Bonchev–Trinajstić information content (AvgIpc) is 2.83. The predicted molar refractivity (Wildman–Crippen MR) is 67.5 cm³/mol. The molecule has 0 aliphatic carbocycles. The number of hydrogen-bond acceptors (Lipinski definition) is 3. The monoisotopic (exact) mass is 245 g/mol. The van der Waals surface area contributed by atoms with Gasteiger partial charge in [0, 0.05) is 12.2 Å². The Morgan fingerprint density at radius 1 is 1.39 bits per heavy atom. The molecule has 0 aliphatic heterocycles. The molecule has 1 amide bonds. The van der Waals surface area contributed by atoms with Crippen molar-refractivity contribution in [3.05, 3.63) is 47.3 Å². The number of aromatic amines is 1. The number of rotatable bonds is 4. The number of nitrogens with zero attached hydrogens (tertiary/aromatic N) is 1. The van der Waals surface area contributed by atoms with Crippen molar-refractivity contribution in [2.45, 2.75) is 13.5 Å². The second-order valence-electron chi connectivity index (χ2n) is 3.94. The third kappa shape index (κ3) is 2.68. The third-order valence-electron chi connectivity index (χ3n) is 2.69. The summed E-state index contributed by atoms with van der Waals surface area (Å²) in [7, 11) is 1.62. The van der Waals surface area contributed by atoms with Crippen molar-refractivity contribution in [1.29, 1.82) is 0 Å². The van der Waals surface area contributed by atoms with Gasteiger partial charge >= 0.3 is 0 Å². The fraction of sp³-hybridized carbons (Fsp3) is 0.231. The molecule has 0 saturated carbocycles. The van der Waals surface area contributed by atoms with Crippen molar-refractivity contribution in [2.24, 2.45) is 0 Å². The van der Waals surface area contributed by atoms with E-state index in [-0.39, 0.29) is 5.91 Å². The van der Waals surface area contributed by atoms with E-state index >= 15 is 0 Å². The van der Waals surface area contributed by atoms with Crippen LogP contribution in [0.15, 0.2) is 30.5 Å². The minimum Gasteiger partial charge on any atom is -0.497 e. The molecule has 18 heavy (non-hydrogen) atoms. The lowest BCUT2D eigenvalue weighted by molar-refractivity contribution is 0.0950. The van der Waals surface area contributed by atoms with E-state index in [0.29, 0.717) is 12.1 Å². The van der Waals surface area contributed by atoms with Crippen LogP contribution >= 0.6 is 0 Å². The zero-order valence-corrected chi connectivity index (χ0v) is 10.4. The summed E-state index contributed by atoms with van der Waals surface area (Å²) in [4.78, 5) is 11.8. The van der Waals surface area contributed by atoms with E-state index in [4.69, 9.17) is 4.74 Å². The second kappa shape index (κ2) is 5.35. The van der Waals surface area contributed by atoms with Crippen LogP contribution in [0.2, 0.25) is 0 Å². The zero-order chi connectivity index (χ0) is 13.0. The Kier molecular flexibility index (Phi) is 3.62. The zero-order valence-electron chi connectivity index (χ0n) is 10.4. The molecule has 2 N–H and O–H groups in total. The molecule has 0 spiro atoms. The molecule has 5 nitrogen and oxygen atoms in total. The molecule has 0 atom stereocenters. The van der Waals surface area contributed by atoms with Crippen molar-refractivity contribution in [2.75, 3.05) is 7.11 Å². The number of aryl methyl sites for hydroxylation is 1. The number of aromatic nitrogens is 2. The van der Waals surface area contributed by atoms with Crippen LogP contribution in [0.3, 0.4) is 0 Å². The number of methoxy groups -OCH3 is 1. The Labute approximate surface area is 105 Å². The minimum absolute atomic E-state index is 0.128. The van der Waals surface area contributed by atoms with Crippen LogP contribution in [0, 0.1) is 6.92 Å². The summed E-state index contributed by atoms with van der Waals surface area (Å²) in [5.41, 5.74) is 2.36. The van der Waals surface area contributed by atoms with E-state index in [2.05, 4.69) is 15.5 Å². The summed E-state index contributed by atoms with van der Waals surface area (Å²) < 4.78 is 5.07. The Balaban J connectivity index is 1.95. The van der Waals surface area contributed by atoms with Crippen molar-refractivity contribution >= 4 is 5.91 Å². The molecule has 0 saturated heterocycles. The van der Waals surface area contributed by atoms with Crippen LogP contribution in [-0.4, -0.2) is 23.2 Å². The van der Waals surface area contributed by atoms with Crippen LogP contribution < -0.4 is 10.1 Å². The van der Waals surface area contributed by atoms with E-state index in [1.165, 1.54) is 6.20 Å². The highest BCUT2D eigenvalue weighted by atomic mass is 16.5. The molecule has 0 unspecified atom stereocenters. The van der Waals surface area contributed by atoms with Crippen LogP contribution in [-0.2, 0) is 6.54 Å². The molecule has 1 heterocycles. The first kappa shape index (κ1) is 12.2. The molecule has 1 aromatic heterocycles. The lowest BCUT2D eigenvalue weighted by Gasteiger charge is -2.05. The number of benzene rings is 1. The summed E-state index contributed by atoms with van der Waals surface area (Å²) in [6.45, 7) is 2.29. The fourth-order valence-electron chi connectivity index (χ4n) is 1.60. The van der Waals surface area contributed by atoms with Gasteiger partial charge in [0.1, 0.15) is 5.75 Å². The number of hydrogen-bond donors (Lipinski definition) is 2. The van der Waals surface area contributed by atoms with Crippen LogP contribution in [0.4, 0.5) is 0 Å². The van der Waals surface area contributed by atoms with E-state index in [1.54, 1.807) is 7.11 Å². The van der Waals surface area contributed by atoms with Gasteiger partial charge < -0.3 is 10.1 Å². The third-order valence-corrected chi connectivity index (χ3v) is 2.69. The first-order chi connectivity index (χ1) is 8.70. The summed E-state index contributed by atoms with van der Waals surface area (Å²) >= 11 is 0. The maximum Gasteiger partial charge on any atom is 0.255 e. The van der Waals surface area contributed by atoms with E-state index in [9.17, 15) is 4.79 Å². The SMILES string of the molecule is COc1ccc(CNC(=O)c2cn[nH]c2C)cc1. The number of ether oxygens (including phenoxy) is 1. The van der Waals surface area contributed by atoms with Gasteiger partial charge in [-0.25, -0.2) is 0 Å². The van der Waals surface area contributed by atoms with Crippen molar-refractivity contribution in [3.63, 3.8) is 0 Å². The van der Waals surface area contributed by atoms with Crippen molar-refractivity contribution < 1.29 is 9.53 Å². The lowest BCUT2D eigenvalue weighted by Crippen LogP contribution is -2.23. The molecule has 2 rings (SSSR count). The van der Waals surface area contributed by atoms with Gasteiger partial charge in [-0.15, -0.1) is 0 Å². The van der Waals surface area contributed by atoms with Gasteiger partial charge in [0.15, 0.2) is 0 Å². The number of carbonyl (C=O) groups is 1. The van der Waals surface area contributed by atoms with E-state index in [0.717, 1.165) is 17.0 Å². The number of amides is 1. The molecular weight excluding hydrogens is 230 g/mol. The van der Waals surface area contributed by atoms with E-state index < -0.39 is 0 Å². The molecule has 2 aromatic rings. The molecular formula is C13H15N3O2. The summed E-state index contributed by atoms with van der Waals surface area (Å²) in [5.74, 6) is 0.674. The van der Waals surface area contributed by atoms with Crippen LogP contribution in [0.5, 0.6) is 5.75 Å². The standard InChI is InChI=1S/C13H15N3O2/c1-9-12(8-15-16-9)13(17)14-7-10-3-5-11(18-2)6-4-10/h3-6,8H,7H2,1-2H3,(H,14,17)(H,15,16). The second-order valence-corrected chi connectivity index (χ2v) is 3.94. The summed E-state index contributed by atoms with van der Waals surface area (Å²) in [6.07, 6.45) is 1.53. The minimum atomic E-state index is -0.128. The molecule has 0 fully saturated rings. The Hall–Kier alpha value is -2.30. The number of H-pyrrole nitrogens is 1. The van der Waals surface area contributed by atoms with Gasteiger partial charge in [-0.3, -0.25) is 9.89 Å². The van der Waals surface area contributed by atoms with Gasteiger partial charge in [0.25, 0.3) is 5.91 Å². The largest absolute Gasteiger partial charge is 0.497 e. The maximum atomic E-state index is 11.8. The highest BCUT2D eigenvalue weighted by Crippen LogP contribution is 2.11. The first-order valence-electron chi connectivity index (χ1n) is 5.62. The number of carbonyl (C=O) groups excluding carboxylic acids is 1. The normalized spacial score (nSPS) is 10.1. The first-order valence-corrected chi connectivity index (χ1v) is 5.62. The quantitative estimate of drug-likeness (QED) is 0.860. The number of nitrogens with one attached hydrogen (secondary N) is 2. The fourth-order valence-corrected chi connectivity index (χ4v) is 1.60. The highest BCUT2D eigenvalue weighted by Gasteiger charge is 2.09. The van der Waals surface area contributed by atoms with Gasteiger partial charge in [0.05, 0.1) is 18.9 Å². The maximum absolute atomic E-state index is 11.8. The summed E-state index contributed by atoms with van der Waals surface area (Å²) in [6, 6.07) is 7.57. The van der Waals surface area contributed by atoms with Gasteiger partial charge in [-0.1, -0.05) is 12.1 Å². The Morgan fingerprint density at radius 2 is 2.11 bits per heavy atom. The highest BCUT2D eigenvalue weighted by molar-refractivity contribution is 5.94. The lowest BCUT2D eigenvalue weighted by atomic mass is 10.2. The smallest absolute Gasteiger partial charge is 0.255 e. The molecule has 5 heteroatoms. The Morgan fingerprint density at radius 3 is 2.67 bits per heavy atom. The predicted octanol–water partition coefficient (Wildman–Crippen LogP) is 1.66. The molecule has 0 aliphatic rings. The van der Waals surface area contributed by atoms with Crippen LogP contribution in [0.25, 0.3) is 0 Å². The topological polar surface area (TPSA) is 67.0 Å². The average molecular weight is 245 g/mol. The molecule has 94 valence electrons. The van der Waals surface area contributed by atoms with Gasteiger partial charge in [-0.2, -0.15) is 5.10 Å². The molecule has 0 radical (unpaired) electrons. The molecule has 1 aromatic carbocycles. The molecule has 0 bridgehead atoms. The van der Waals surface area contributed by atoms with Gasteiger partial charge in [0.2, 0.25) is 0 Å². The van der Waals surface area contributed by atoms with Crippen molar-refractivity contribution in [3.8, 4) is 5.75 Å². The summed E-state index contributed by atoms with van der Waals surface area (Å²) in [5, 5.41) is 9.39. The van der Waals surface area contributed by atoms with Crippen LogP contribution in [0.1, 0.15) is 21.6 Å². The van der Waals surface area contributed by atoms with Gasteiger partial charge in [-0.05, 0) is 24.6 Å².